The lowest BCUT2D eigenvalue weighted by Crippen LogP contribution is -2.08. The molecule has 0 heterocycles. The van der Waals surface area contributed by atoms with Crippen LogP contribution < -0.4 is 0 Å². The first-order chi connectivity index (χ1) is 6.65. The second-order valence-electron chi connectivity index (χ2n) is 2.69. The summed E-state index contributed by atoms with van der Waals surface area (Å²) in [6.45, 7) is 2.52. The van der Waals surface area contributed by atoms with Gasteiger partial charge in [-0.1, -0.05) is 17.7 Å². The van der Waals surface area contributed by atoms with Crippen LogP contribution in [0.15, 0.2) is 18.2 Å². The van der Waals surface area contributed by atoms with Gasteiger partial charge in [-0.2, -0.15) is 0 Å². The van der Waals surface area contributed by atoms with E-state index in [0.29, 0.717) is 17.2 Å². The molecule has 0 aliphatic rings. The van der Waals surface area contributed by atoms with Crippen molar-refractivity contribution in [2.45, 2.75) is 6.92 Å². The molecule has 1 rings (SSSR count). The van der Waals surface area contributed by atoms with Gasteiger partial charge in [0.25, 0.3) is 0 Å². The molecular weight excluding hydrogens is 314 g/mol. The first-order valence-electron chi connectivity index (χ1n) is 4.21. The van der Waals surface area contributed by atoms with E-state index in [1.54, 1.807) is 12.1 Å². The van der Waals surface area contributed by atoms with Crippen molar-refractivity contribution >= 4 is 40.0 Å². The standard InChI is InChI=1S/C10H10ClIO2/c1-2-14-6-10(13)7-3-4-9(12)8(11)5-7/h3-5H,2,6H2,1H3. The van der Waals surface area contributed by atoms with Crippen molar-refractivity contribution in [1.29, 1.82) is 0 Å². The number of benzene rings is 1. The molecule has 0 N–H and O–H groups in total. The maximum absolute atomic E-state index is 11.5. The second kappa shape index (κ2) is 5.68. The molecule has 0 amide bonds. The largest absolute Gasteiger partial charge is 0.374 e. The van der Waals surface area contributed by atoms with Crippen LogP contribution in [0.4, 0.5) is 0 Å². The predicted molar refractivity (Wildman–Crippen MR) is 65.0 cm³/mol. The number of Topliss-reactive ketones (excluding diaryl/α,β-unsaturated/α-hetero) is 1. The van der Waals surface area contributed by atoms with Crippen LogP contribution in [0.3, 0.4) is 0 Å². The van der Waals surface area contributed by atoms with Gasteiger partial charge in [0.1, 0.15) is 6.61 Å². The molecule has 1 aromatic rings. The molecule has 0 aromatic heterocycles. The fourth-order valence-electron chi connectivity index (χ4n) is 0.948. The lowest BCUT2D eigenvalue weighted by Gasteiger charge is -2.02. The summed E-state index contributed by atoms with van der Waals surface area (Å²) in [5.41, 5.74) is 0.601. The van der Waals surface area contributed by atoms with Crippen LogP contribution in [-0.4, -0.2) is 19.0 Å². The summed E-state index contributed by atoms with van der Waals surface area (Å²) in [5.74, 6) is -0.0369. The Morgan fingerprint density at radius 3 is 2.86 bits per heavy atom. The van der Waals surface area contributed by atoms with E-state index in [-0.39, 0.29) is 12.4 Å². The van der Waals surface area contributed by atoms with Gasteiger partial charge in [-0.3, -0.25) is 4.79 Å². The Bertz CT molecular complexity index is 339. The van der Waals surface area contributed by atoms with Crippen molar-refractivity contribution in [3.05, 3.63) is 32.4 Å². The maximum Gasteiger partial charge on any atom is 0.188 e. The van der Waals surface area contributed by atoms with Crippen LogP contribution >= 0.6 is 34.2 Å². The van der Waals surface area contributed by atoms with E-state index in [2.05, 4.69) is 22.6 Å². The zero-order valence-electron chi connectivity index (χ0n) is 7.72. The van der Waals surface area contributed by atoms with E-state index in [0.717, 1.165) is 3.57 Å². The normalized spacial score (nSPS) is 10.2. The first-order valence-corrected chi connectivity index (χ1v) is 5.66. The smallest absolute Gasteiger partial charge is 0.188 e. The van der Waals surface area contributed by atoms with Crippen molar-refractivity contribution in [2.24, 2.45) is 0 Å². The molecule has 0 aliphatic carbocycles. The average Bonchev–Trinajstić information content (AvgIpc) is 2.18. The maximum atomic E-state index is 11.5. The second-order valence-corrected chi connectivity index (χ2v) is 4.26. The Kier molecular flexibility index (Phi) is 4.84. The highest BCUT2D eigenvalue weighted by Crippen LogP contribution is 2.19. The number of hydrogen-bond donors (Lipinski definition) is 0. The molecule has 4 heteroatoms. The molecule has 0 radical (unpaired) electrons. The van der Waals surface area contributed by atoms with E-state index in [9.17, 15) is 4.79 Å². The van der Waals surface area contributed by atoms with Crippen molar-refractivity contribution in [1.82, 2.24) is 0 Å². The molecule has 0 fully saturated rings. The first kappa shape index (κ1) is 11.9. The highest BCUT2D eigenvalue weighted by molar-refractivity contribution is 14.1. The number of carbonyl (C=O) groups is 1. The minimum atomic E-state index is -0.0369. The molecule has 0 saturated heterocycles. The Balaban J connectivity index is 2.76. The number of halogens is 2. The summed E-state index contributed by atoms with van der Waals surface area (Å²) in [6.07, 6.45) is 0. The number of rotatable bonds is 4. The third-order valence-electron chi connectivity index (χ3n) is 1.68. The molecule has 2 nitrogen and oxygen atoms in total. The summed E-state index contributed by atoms with van der Waals surface area (Å²) in [6, 6.07) is 5.25. The fourth-order valence-corrected chi connectivity index (χ4v) is 1.46. The molecule has 0 aliphatic heterocycles. The van der Waals surface area contributed by atoms with Crippen LogP contribution in [0.2, 0.25) is 5.02 Å². The number of carbonyl (C=O) groups excluding carboxylic acids is 1. The molecule has 0 unspecified atom stereocenters. The zero-order chi connectivity index (χ0) is 10.6. The van der Waals surface area contributed by atoms with Crippen molar-refractivity contribution in [2.75, 3.05) is 13.2 Å². The number of ketones is 1. The highest BCUT2D eigenvalue weighted by Gasteiger charge is 2.07. The van der Waals surface area contributed by atoms with Crippen LogP contribution in [0.5, 0.6) is 0 Å². The summed E-state index contributed by atoms with van der Waals surface area (Å²) < 4.78 is 5.97. The predicted octanol–water partition coefficient (Wildman–Crippen LogP) is 3.16. The Labute approximate surface area is 102 Å². The molecule has 0 atom stereocenters. The third-order valence-corrected chi connectivity index (χ3v) is 3.25. The van der Waals surface area contributed by atoms with E-state index in [4.69, 9.17) is 16.3 Å². The lowest BCUT2D eigenvalue weighted by atomic mass is 10.1. The fraction of sp³-hybridized carbons (Fsp3) is 0.300. The van der Waals surface area contributed by atoms with Crippen LogP contribution in [0.1, 0.15) is 17.3 Å². The molecule has 0 saturated carbocycles. The van der Waals surface area contributed by atoms with Gasteiger partial charge in [0, 0.05) is 15.7 Å². The monoisotopic (exact) mass is 324 g/mol. The summed E-state index contributed by atoms with van der Waals surface area (Å²) in [7, 11) is 0. The molecule has 1 aromatic carbocycles. The van der Waals surface area contributed by atoms with Gasteiger partial charge in [-0.15, -0.1) is 0 Å². The van der Waals surface area contributed by atoms with Crippen LogP contribution in [0, 0.1) is 3.57 Å². The van der Waals surface area contributed by atoms with E-state index < -0.39 is 0 Å². The average molecular weight is 325 g/mol. The van der Waals surface area contributed by atoms with Gasteiger partial charge in [-0.05, 0) is 41.6 Å². The van der Waals surface area contributed by atoms with Crippen LogP contribution in [-0.2, 0) is 4.74 Å². The minimum Gasteiger partial charge on any atom is -0.374 e. The van der Waals surface area contributed by atoms with Gasteiger partial charge in [-0.25, -0.2) is 0 Å². The van der Waals surface area contributed by atoms with Gasteiger partial charge < -0.3 is 4.74 Å². The van der Waals surface area contributed by atoms with E-state index in [1.807, 2.05) is 13.0 Å². The van der Waals surface area contributed by atoms with Crippen molar-refractivity contribution in [3.8, 4) is 0 Å². The van der Waals surface area contributed by atoms with Gasteiger partial charge >= 0.3 is 0 Å². The topological polar surface area (TPSA) is 26.3 Å². The Morgan fingerprint density at radius 1 is 1.57 bits per heavy atom. The number of hydrogen-bond acceptors (Lipinski definition) is 2. The Hall–Kier alpha value is -0.130. The SMILES string of the molecule is CCOCC(=O)c1ccc(I)c(Cl)c1. The minimum absolute atomic E-state index is 0.0369. The zero-order valence-corrected chi connectivity index (χ0v) is 10.6. The molecule has 14 heavy (non-hydrogen) atoms. The summed E-state index contributed by atoms with van der Waals surface area (Å²) in [5, 5.41) is 0.605. The van der Waals surface area contributed by atoms with Crippen molar-refractivity contribution in [3.63, 3.8) is 0 Å². The van der Waals surface area contributed by atoms with E-state index in [1.165, 1.54) is 0 Å². The van der Waals surface area contributed by atoms with Gasteiger partial charge in [0.05, 0.1) is 5.02 Å². The van der Waals surface area contributed by atoms with Gasteiger partial charge in [0.2, 0.25) is 0 Å². The molecular formula is C10H10ClIO2. The van der Waals surface area contributed by atoms with E-state index >= 15 is 0 Å². The summed E-state index contributed by atoms with van der Waals surface area (Å²) in [4.78, 5) is 11.5. The quantitative estimate of drug-likeness (QED) is 0.628. The highest BCUT2D eigenvalue weighted by atomic mass is 127. The van der Waals surface area contributed by atoms with Crippen LogP contribution in [0.25, 0.3) is 0 Å². The van der Waals surface area contributed by atoms with Gasteiger partial charge in [0.15, 0.2) is 5.78 Å². The lowest BCUT2D eigenvalue weighted by molar-refractivity contribution is 0.0783. The number of ether oxygens (including phenoxy) is 1. The molecule has 0 spiro atoms. The molecule has 0 bridgehead atoms. The summed E-state index contributed by atoms with van der Waals surface area (Å²) >= 11 is 8.01. The third kappa shape index (κ3) is 3.22. The molecule has 76 valence electrons. The van der Waals surface area contributed by atoms with Crippen molar-refractivity contribution < 1.29 is 9.53 Å². The Morgan fingerprint density at radius 2 is 2.29 bits per heavy atom.